The highest BCUT2D eigenvalue weighted by Crippen LogP contribution is 2.43. The summed E-state index contributed by atoms with van der Waals surface area (Å²) in [6.45, 7) is 2.60. The van der Waals surface area contributed by atoms with Crippen molar-refractivity contribution >= 4 is 53.3 Å². The Bertz CT molecular complexity index is 569. The number of methoxy groups -OCH3 is 1. The molecule has 1 unspecified atom stereocenters. The lowest BCUT2D eigenvalue weighted by atomic mass is 9.67. The van der Waals surface area contributed by atoms with Crippen molar-refractivity contribution in [3.63, 3.8) is 0 Å². The number of hydrogen-bond acceptors (Lipinski definition) is 3. The third-order valence-corrected chi connectivity index (χ3v) is 6.31. The average molecular weight is 512 g/mol. The minimum Gasteiger partial charge on any atom is -0.385 e. The standard InChI is InChI=1S/C19H30ClN3OS.HI/c1-21-18(23-14-19(8-5-9-19)10-11-24-2)22-13-17(25-3)15-6-4-7-16(20)12-15;/h4,6-7,12,17H,5,8-11,13-14H2,1-3H3,(H2,21,22,23);1H. The molecule has 148 valence electrons. The summed E-state index contributed by atoms with van der Waals surface area (Å²) in [7, 11) is 3.60. The van der Waals surface area contributed by atoms with Crippen molar-refractivity contribution in [1.29, 1.82) is 0 Å². The van der Waals surface area contributed by atoms with Crippen LogP contribution in [-0.2, 0) is 4.74 Å². The first-order valence-electron chi connectivity index (χ1n) is 8.84. The van der Waals surface area contributed by atoms with E-state index in [0.717, 1.165) is 37.1 Å². The Labute approximate surface area is 184 Å². The number of nitrogens with one attached hydrogen (secondary N) is 2. The first kappa shape index (κ1) is 23.9. The molecule has 1 aliphatic rings. The monoisotopic (exact) mass is 511 g/mol. The second-order valence-electron chi connectivity index (χ2n) is 6.68. The van der Waals surface area contributed by atoms with Gasteiger partial charge in [0, 0.05) is 44.1 Å². The molecule has 1 fully saturated rings. The van der Waals surface area contributed by atoms with Crippen LogP contribution in [0.15, 0.2) is 29.3 Å². The lowest BCUT2D eigenvalue weighted by molar-refractivity contribution is 0.0732. The molecule has 1 aliphatic carbocycles. The molecule has 0 aliphatic heterocycles. The van der Waals surface area contributed by atoms with E-state index in [9.17, 15) is 0 Å². The van der Waals surface area contributed by atoms with Gasteiger partial charge >= 0.3 is 0 Å². The zero-order chi connectivity index (χ0) is 18.1. The van der Waals surface area contributed by atoms with E-state index in [1.165, 1.54) is 24.8 Å². The molecule has 1 saturated carbocycles. The van der Waals surface area contributed by atoms with Gasteiger partial charge in [-0.2, -0.15) is 11.8 Å². The van der Waals surface area contributed by atoms with E-state index in [1.54, 1.807) is 7.11 Å². The van der Waals surface area contributed by atoms with Gasteiger partial charge in [-0.15, -0.1) is 24.0 Å². The smallest absolute Gasteiger partial charge is 0.191 e. The largest absolute Gasteiger partial charge is 0.385 e. The van der Waals surface area contributed by atoms with Crippen LogP contribution in [0.1, 0.15) is 36.5 Å². The second kappa shape index (κ2) is 12.3. The summed E-state index contributed by atoms with van der Waals surface area (Å²) in [5.41, 5.74) is 1.61. The van der Waals surface area contributed by atoms with Crippen LogP contribution in [0.5, 0.6) is 0 Å². The van der Waals surface area contributed by atoms with Crippen molar-refractivity contribution in [2.75, 3.05) is 40.1 Å². The molecule has 0 spiro atoms. The summed E-state index contributed by atoms with van der Waals surface area (Å²) in [6.07, 6.45) is 7.11. The highest BCUT2D eigenvalue weighted by molar-refractivity contribution is 14.0. The Morgan fingerprint density at radius 1 is 1.38 bits per heavy atom. The van der Waals surface area contributed by atoms with E-state index in [1.807, 2.05) is 37.0 Å². The minimum atomic E-state index is 0. The van der Waals surface area contributed by atoms with E-state index in [4.69, 9.17) is 16.3 Å². The maximum Gasteiger partial charge on any atom is 0.191 e. The fourth-order valence-electron chi connectivity index (χ4n) is 3.24. The summed E-state index contributed by atoms with van der Waals surface area (Å²) < 4.78 is 5.27. The summed E-state index contributed by atoms with van der Waals surface area (Å²) in [5, 5.41) is 8.09. The quantitative estimate of drug-likeness (QED) is 0.286. The molecule has 26 heavy (non-hydrogen) atoms. The number of ether oxygens (including phenoxy) is 1. The summed E-state index contributed by atoms with van der Waals surface area (Å²) in [6, 6.07) is 8.08. The molecule has 0 amide bonds. The normalized spacial score (nSPS) is 17.0. The highest BCUT2D eigenvalue weighted by Gasteiger charge is 2.36. The van der Waals surface area contributed by atoms with Gasteiger partial charge in [0.2, 0.25) is 0 Å². The minimum absolute atomic E-state index is 0. The van der Waals surface area contributed by atoms with Crippen molar-refractivity contribution in [1.82, 2.24) is 10.6 Å². The Kier molecular flexibility index (Phi) is 11.3. The fourth-order valence-corrected chi connectivity index (χ4v) is 4.10. The maximum atomic E-state index is 6.12. The first-order valence-corrected chi connectivity index (χ1v) is 10.5. The van der Waals surface area contributed by atoms with Crippen LogP contribution >= 0.6 is 47.3 Å². The Hall–Kier alpha value is -0.180. The highest BCUT2D eigenvalue weighted by atomic mass is 127. The van der Waals surface area contributed by atoms with Crippen molar-refractivity contribution in [2.24, 2.45) is 10.4 Å². The van der Waals surface area contributed by atoms with E-state index < -0.39 is 0 Å². The predicted octanol–water partition coefficient (Wildman–Crippen LogP) is 4.73. The molecule has 2 N–H and O–H groups in total. The van der Waals surface area contributed by atoms with Gasteiger partial charge in [-0.25, -0.2) is 0 Å². The number of thioether (sulfide) groups is 1. The number of benzene rings is 1. The number of halogens is 2. The van der Waals surface area contributed by atoms with Crippen molar-refractivity contribution in [3.8, 4) is 0 Å². The molecule has 0 aromatic heterocycles. The van der Waals surface area contributed by atoms with Crippen LogP contribution in [0.3, 0.4) is 0 Å². The van der Waals surface area contributed by atoms with Gasteiger partial charge in [0.05, 0.1) is 0 Å². The third kappa shape index (κ3) is 7.09. The van der Waals surface area contributed by atoms with Crippen LogP contribution < -0.4 is 10.6 Å². The van der Waals surface area contributed by atoms with Crippen LogP contribution in [-0.4, -0.2) is 46.1 Å². The summed E-state index contributed by atoms with van der Waals surface area (Å²) >= 11 is 7.94. The number of nitrogens with zero attached hydrogens (tertiary/aromatic N) is 1. The fraction of sp³-hybridized carbons (Fsp3) is 0.632. The van der Waals surface area contributed by atoms with Crippen molar-refractivity contribution in [3.05, 3.63) is 34.9 Å². The molecule has 0 heterocycles. The SMILES string of the molecule is CN=C(NCC(SC)c1cccc(Cl)c1)NCC1(CCOC)CCC1.I. The van der Waals surface area contributed by atoms with Gasteiger partial charge in [-0.1, -0.05) is 30.2 Å². The first-order chi connectivity index (χ1) is 12.1. The maximum absolute atomic E-state index is 6.12. The number of guanidine groups is 1. The number of hydrogen-bond donors (Lipinski definition) is 2. The van der Waals surface area contributed by atoms with Crippen molar-refractivity contribution in [2.45, 2.75) is 30.9 Å². The van der Waals surface area contributed by atoms with Gasteiger partial charge in [0.25, 0.3) is 0 Å². The molecule has 0 saturated heterocycles. The van der Waals surface area contributed by atoms with Crippen LogP contribution in [0.25, 0.3) is 0 Å². The molecule has 7 heteroatoms. The van der Waals surface area contributed by atoms with Crippen LogP contribution in [0, 0.1) is 5.41 Å². The van der Waals surface area contributed by atoms with E-state index in [2.05, 4.69) is 27.9 Å². The lowest BCUT2D eigenvalue weighted by Gasteiger charge is -2.42. The molecule has 1 aromatic carbocycles. The molecule has 0 bridgehead atoms. The average Bonchev–Trinajstić information content (AvgIpc) is 2.59. The zero-order valence-electron chi connectivity index (χ0n) is 15.9. The van der Waals surface area contributed by atoms with E-state index in [0.29, 0.717) is 10.7 Å². The van der Waals surface area contributed by atoms with Crippen molar-refractivity contribution < 1.29 is 4.74 Å². The Morgan fingerprint density at radius 3 is 2.69 bits per heavy atom. The third-order valence-electron chi connectivity index (χ3n) is 5.07. The predicted molar refractivity (Wildman–Crippen MR) is 125 cm³/mol. The zero-order valence-corrected chi connectivity index (χ0v) is 19.8. The van der Waals surface area contributed by atoms with Gasteiger partial charge in [0.1, 0.15) is 0 Å². The Morgan fingerprint density at radius 2 is 2.15 bits per heavy atom. The van der Waals surface area contributed by atoms with Crippen LogP contribution in [0.4, 0.5) is 0 Å². The number of aliphatic imine (C=N–C) groups is 1. The molecule has 2 rings (SSSR count). The lowest BCUT2D eigenvalue weighted by Crippen LogP contribution is -2.47. The van der Waals surface area contributed by atoms with Crippen LogP contribution in [0.2, 0.25) is 5.02 Å². The molecule has 0 radical (unpaired) electrons. The molecular formula is C19H31ClIN3OS. The summed E-state index contributed by atoms with van der Waals surface area (Å²) in [4.78, 5) is 4.38. The van der Waals surface area contributed by atoms with Gasteiger partial charge < -0.3 is 15.4 Å². The van der Waals surface area contributed by atoms with E-state index >= 15 is 0 Å². The molecule has 1 aromatic rings. The summed E-state index contributed by atoms with van der Waals surface area (Å²) in [5.74, 6) is 0.866. The van der Waals surface area contributed by atoms with Gasteiger partial charge in [-0.3, -0.25) is 4.99 Å². The molecule has 4 nitrogen and oxygen atoms in total. The van der Waals surface area contributed by atoms with E-state index in [-0.39, 0.29) is 24.0 Å². The van der Waals surface area contributed by atoms with Gasteiger partial charge in [-0.05, 0) is 48.6 Å². The topological polar surface area (TPSA) is 45.7 Å². The van der Waals surface area contributed by atoms with Gasteiger partial charge in [0.15, 0.2) is 5.96 Å². The Balaban J connectivity index is 0.00000338. The second-order valence-corrected chi connectivity index (χ2v) is 8.16. The molecular weight excluding hydrogens is 481 g/mol. The molecule has 1 atom stereocenters. The number of rotatable bonds is 9.